The molecular formula is C14H15N5. The SMILES string of the molecule is CCc1nc(N)cc(N(C)c2ccccc2C#N)n1. The molecule has 5 heteroatoms. The Bertz CT molecular complexity index is 630. The number of anilines is 3. The van der Waals surface area contributed by atoms with Crippen molar-refractivity contribution < 1.29 is 0 Å². The zero-order chi connectivity index (χ0) is 13.8. The van der Waals surface area contributed by atoms with Gasteiger partial charge in [0.2, 0.25) is 0 Å². The molecule has 1 aromatic heterocycles. The monoisotopic (exact) mass is 253 g/mol. The van der Waals surface area contributed by atoms with Crippen LogP contribution in [0.5, 0.6) is 0 Å². The van der Waals surface area contributed by atoms with Crippen molar-refractivity contribution in [2.45, 2.75) is 13.3 Å². The lowest BCUT2D eigenvalue weighted by molar-refractivity contribution is 0.931. The van der Waals surface area contributed by atoms with E-state index >= 15 is 0 Å². The highest BCUT2D eigenvalue weighted by molar-refractivity contribution is 5.67. The number of hydrogen-bond donors (Lipinski definition) is 1. The van der Waals surface area contributed by atoms with Crippen LogP contribution in [0.25, 0.3) is 0 Å². The Morgan fingerprint density at radius 3 is 2.74 bits per heavy atom. The number of aryl methyl sites for hydroxylation is 1. The van der Waals surface area contributed by atoms with Crippen LogP contribution in [0.3, 0.4) is 0 Å². The Morgan fingerprint density at radius 2 is 2.05 bits per heavy atom. The van der Waals surface area contributed by atoms with Crippen LogP contribution in [-0.4, -0.2) is 17.0 Å². The molecule has 2 aromatic rings. The van der Waals surface area contributed by atoms with Gasteiger partial charge in [-0.05, 0) is 12.1 Å². The number of para-hydroxylation sites is 1. The zero-order valence-electron chi connectivity index (χ0n) is 11.0. The van der Waals surface area contributed by atoms with Gasteiger partial charge in [-0.2, -0.15) is 5.26 Å². The molecule has 0 aliphatic carbocycles. The molecular weight excluding hydrogens is 238 g/mol. The van der Waals surface area contributed by atoms with Crippen LogP contribution >= 0.6 is 0 Å². The molecule has 0 amide bonds. The maximum absolute atomic E-state index is 9.14. The van der Waals surface area contributed by atoms with Gasteiger partial charge in [0.05, 0.1) is 11.3 Å². The lowest BCUT2D eigenvalue weighted by atomic mass is 10.2. The predicted octanol–water partition coefficient (Wildman–Crippen LogP) is 2.26. The molecule has 0 spiro atoms. The number of nitrogens with two attached hydrogens (primary N) is 1. The topological polar surface area (TPSA) is 78.8 Å². The lowest BCUT2D eigenvalue weighted by Gasteiger charge is -2.20. The number of nitrogens with zero attached hydrogens (tertiary/aromatic N) is 4. The molecule has 5 nitrogen and oxygen atoms in total. The molecule has 0 saturated heterocycles. The fourth-order valence-electron chi connectivity index (χ4n) is 1.82. The highest BCUT2D eigenvalue weighted by Gasteiger charge is 2.11. The summed E-state index contributed by atoms with van der Waals surface area (Å²) in [6.07, 6.45) is 0.714. The zero-order valence-corrected chi connectivity index (χ0v) is 11.0. The fraction of sp³-hybridized carbons (Fsp3) is 0.214. The van der Waals surface area contributed by atoms with E-state index < -0.39 is 0 Å². The van der Waals surface area contributed by atoms with Crippen molar-refractivity contribution in [3.63, 3.8) is 0 Å². The predicted molar refractivity (Wildman–Crippen MR) is 75.0 cm³/mol. The van der Waals surface area contributed by atoms with E-state index in [4.69, 9.17) is 11.0 Å². The van der Waals surface area contributed by atoms with Gasteiger partial charge >= 0.3 is 0 Å². The van der Waals surface area contributed by atoms with Crippen molar-refractivity contribution in [3.8, 4) is 6.07 Å². The largest absolute Gasteiger partial charge is 0.384 e. The molecule has 0 atom stereocenters. The minimum atomic E-state index is 0.433. The number of aromatic nitrogens is 2. The molecule has 0 bridgehead atoms. The molecule has 0 saturated carbocycles. The van der Waals surface area contributed by atoms with Gasteiger partial charge in [0.25, 0.3) is 0 Å². The quantitative estimate of drug-likeness (QED) is 0.907. The lowest BCUT2D eigenvalue weighted by Crippen LogP contribution is -2.14. The summed E-state index contributed by atoms with van der Waals surface area (Å²) in [5, 5.41) is 9.14. The van der Waals surface area contributed by atoms with E-state index in [0.29, 0.717) is 29.4 Å². The Morgan fingerprint density at radius 1 is 1.32 bits per heavy atom. The van der Waals surface area contributed by atoms with Crippen molar-refractivity contribution in [1.29, 1.82) is 5.26 Å². The van der Waals surface area contributed by atoms with E-state index in [2.05, 4.69) is 16.0 Å². The second-order valence-electron chi connectivity index (χ2n) is 4.11. The Kier molecular flexibility index (Phi) is 3.62. The molecule has 0 aliphatic heterocycles. The minimum absolute atomic E-state index is 0.433. The first-order valence-electron chi connectivity index (χ1n) is 6.02. The smallest absolute Gasteiger partial charge is 0.138 e. The van der Waals surface area contributed by atoms with Crippen molar-refractivity contribution >= 4 is 17.3 Å². The van der Waals surface area contributed by atoms with Crippen LogP contribution in [0.2, 0.25) is 0 Å². The van der Waals surface area contributed by atoms with E-state index in [0.717, 1.165) is 5.69 Å². The standard InChI is InChI=1S/C14H15N5/c1-3-13-17-12(16)8-14(18-13)19(2)11-7-5-4-6-10(11)9-15/h4-8H,3H2,1-2H3,(H2,16,17,18). The number of benzene rings is 1. The molecule has 1 aromatic carbocycles. The minimum Gasteiger partial charge on any atom is -0.384 e. The summed E-state index contributed by atoms with van der Waals surface area (Å²) < 4.78 is 0. The van der Waals surface area contributed by atoms with Gasteiger partial charge < -0.3 is 10.6 Å². The van der Waals surface area contributed by atoms with Crippen molar-refractivity contribution in [2.24, 2.45) is 0 Å². The van der Waals surface area contributed by atoms with E-state index in [-0.39, 0.29) is 0 Å². The van der Waals surface area contributed by atoms with E-state index in [1.165, 1.54) is 0 Å². The fourth-order valence-corrected chi connectivity index (χ4v) is 1.82. The van der Waals surface area contributed by atoms with Crippen LogP contribution in [0.1, 0.15) is 18.3 Å². The average molecular weight is 253 g/mol. The molecule has 2 N–H and O–H groups in total. The maximum Gasteiger partial charge on any atom is 0.138 e. The first-order chi connectivity index (χ1) is 9.15. The second-order valence-corrected chi connectivity index (χ2v) is 4.11. The highest BCUT2D eigenvalue weighted by Crippen LogP contribution is 2.25. The maximum atomic E-state index is 9.14. The van der Waals surface area contributed by atoms with Gasteiger partial charge in [0.15, 0.2) is 0 Å². The number of rotatable bonds is 3. The highest BCUT2D eigenvalue weighted by atomic mass is 15.2. The van der Waals surface area contributed by atoms with Gasteiger partial charge in [-0.15, -0.1) is 0 Å². The summed E-state index contributed by atoms with van der Waals surface area (Å²) in [6, 6.07) is 11.2. The molecule has 96 valence electrons. The third-order valence-electron chi connectivity index (χ3n) is 2.82. The van der Waals surface area contributed by atoms with Crippen molar-refractivity contribution in [1.82, 2.24) is 9.97 Å². The summed E-state index contributed by atoms with van der Waals surface area (Å²) in [4.78, 5) is 10.4. The van der Waals surface area contributed by atoms with Crippen molar-refractivity contribution in [2.75, 3.05) is 17.7 Å². The summed E-state index contributed by atoms with van der Waals surface area (Å²) >= 11 is 0. The molecule has 0 radical (unpaired) electrons. The molecule has 0 fully saturated rings. The number of hydrogen-bond acceptors (Lipinski definition) is 5. The van der Waals surface area contributed by atoms with E-state index in [1.54, 1.807) is 12.1 Å². The van der Waals surface area contributed by atoms with Gasteiger partial charge in [0, 0.05) is 19.5 Å². The Balaban J connectivity index is 2.47. The molecule has 0 aliphatic rings. The summed E-state index contributed by atoms with van der Waals surface area (Å²) in [5.74, 6) is 1.81. The summed E-state index contributed by atoms with van der Waals surface area (Å²) in [7, 11) is 1.86. The second kappa shape index (κ2) is 5.36. The van der Waals surface area contributed by atoms with Crippen LogP contribution in [0.4, 0.5) is 17.3 Å². The van der Waals surface area contributed by atoms with Crippen LogP contribution in [-0.2, 0) is 6.42 Å². The van der Waals surface area contributed by atoms with Crippen LogP contribution in [0.15, 0.2) is 30.3 Å². The Labute approximate surface area is 112 Å². The van der Waals surface area contributed by atoms with E-state index in [9.17, 15) is 0 Å². The molecule has 1 heterocycles. The third kappa shape index (κ3) is 2.63. The molecule has 19 heavy (non-hydrogen) atoms. The van der Waals surface area contributed by atoms with Gasteiger partial charge in [-0.25, -0.2) is 9.97 Å². The van der Waals surface area contributed by atoms with Crippen molar-refractivity contribution in [3.05, 3.63) is 41.7 Å². The number of nitriles is 1. The van der Waals surface area contributed by atoms with E-state index in [1.807, 2.05) is 37.1 Å². The first kappa shape index (κ1) is 12.8. The van der Waals surface area contributed by atoms with Crippen LogP contribution < -0.4 is 10.6 Å². The van der Waals surface area contributed by atoms with Gasteiger partial charge in [0.1, 0.15) is 23.5 Å². The normalized spacial score (nSPS) is 9.95. The third-order valence-corrected chi connectivity index (χ3v) is 2.82. The summed E-state index contributed by atoms with van der Waals surface area (Å²) in [6.45, 7) is 1.97. The number of nitrogen functional groups attached to an aromatic ring is 1. The average Bonchev–Trinajstić information content (AvgIpc) is 2.45. The molecule has 0 unspecified atom stereocenters. The first-order valence-corrected chi connectivity index (χ1v) is 6.02. The van der Waals surface area contributed by atoms with Gasteiger partial charge in [-0.3, -0.25) is 0 Å². The van der Waals surface area contributed by atoms with Gasteiger partial charge in [-0.1, -0.05) is 19.1 Å². The van der Waals surface area contributed by atoms with Crippen LogP contribution in [0, 0.1) is 11.3 Å². The Hall–Kier alpha value is -2.61. The summed E-state index contributed by atoms with van der Waals surface area (Å²) in [5.41, 5.74) is 7.17. The molecule has 2 rings (SSSR count).